The minimum atomic E-state index is -1.89. The number of para-hydroxylation sites is 3. The van der Waals surface area contributed by atoms with Crippen LogP contribution in [-0.2, 0) is 5.72 Å². The van der Waals surface area contributed by atoms with Gasteiger partial charge in [0, 0.05) is 16.7 Å². The van der Waals surface area contributed by atoms with E-state index in [0.29, 0.717) is 44.9 Å². The lowest BCUT2D eigenvalue weighted by Crippen LogP contribution is -2.45. The highest BCUT2D eigenvalue weighted by molar-refractivity contribution is 6.13. The summed E-state index contributed by atoms with van der Waals surface area (Å²) in [5.74, 6) is 0.636. The van der Waals surface area contributed by atoms with Gasteiger partial charge in [-0.25, -0.2) is 9.78 Å². The first kappa shape index (κ1) is 24.8. The van der Waals surface area contributed by atoms with Crippen molar-refractivity contribution >= 4 is 47.1 Å². The van der Waals surface area contributed by atoms with E-state index in [1.54, 1.807) is 78.9 Å². The SMILES string of the molecule is Cl.O=C(O)Nc1nc2ccc(C3(O)c4ccccc4C(=O)N3c3ccccc3Oc3ccccc3)cc2[nH]1. The van der Waals surface area contributed by atoms with Gasteiger partial charge in [0.1, 0.15) is 5.75 Å². The highest BCUT2D eigenvalue weighted by Crippen LogP contribution is 2.48. The lowest BCUT2D eigenvalue weighted by molar-refractivity contribution is 0.0701. The van der Waals surface area contributed by atoms with Gasteiger partial charge < -0.3 is 19.9 Å². The van der Waals surface area contributed by atoms with Crippen molar-refractivity contribution in [2.24, 2.45) is 0 Å². The summed E-state index contributed by atoms with van der Waals surface area (Å²) < 4.78 is 6.12. The standard InChI is InChI=1S/C28H20N4O5.ClH/c33-25-19-10-4-5-11-20(19)28(36,17-14-15-21-22(16-17)30-26(29-21)31-27(34)35)32(25)23-12-6-7-13-24(23)37-18-8-2-1-3-9-18;/h1-16,36H,(H,34,35)(H2,29,30,31);1H. The van der Waals surface area contributed by atoms with Crippen LogP contribution in [0.2, 0.25) is 0 Å². The number of imidazole rings is 1. The number of amides is 2. The molecular weight excluding hydrogens is 508 g/mol. The Labute approximate surface area is 222 Å². The van der Waals surface area contributed by atoms with Crippen molar-refractivity contribution in [1.82, 2.24) is 9.97 Å². The number of nitrogens with one attached hydrogen (secondary N) is 2. The molecule has 0 spiro atoms. The van der Waals surface area contributed by atoms with E-state index in [0.717, 1.165) is 0 Å². The number of carbonyl (C=O) groups is 2. The number of anilines is 2. The summed E-state index contributed by atoms with van der Waals surface area (Å²) >= 11 is 0. The number of rotatable bonds is 5. The van der Waals surface area contributed by atoms with Crippen molar-refractivity contribution in [2.45, 2.75) is 5.72 Å². The molecule has 1 atom stereocenters. The molecule has 1 aliphatic rings. The fourth-order valence-electron chi connectivity index (χ4n) is 4.66. The van der Waals surface area contributed by atoms with E-state index in [1.165, 1.54) is 4.90 Å². The number of carbonyl (C=O) groups excluding carboxylic acids is 1. The van der Waals surface area contributed by atoms with E-state index in [-0.39, 0.29) is 24.3 Å². The molecule has 10 heteroatoms. The Bertz CT molecular complexity index is 1670. The van der Waals surface area contributed by atoms with Crippen LogP contribution >= 0.6 is 12.4 Å². The molecule has 1 unspecified atom stereocenters. The molecule has 4 N–H and O–H groups in total. The zero-order valence-corrected chi connectivity index (χ0v) is 20.5. The molecule has 190 valence electrons. The van der Waals surface area contributed by atoms with E-state index in [4.69, 9.17) is 9.84 Å². The maximum Gasteiger partial charge on any atom is 0.411 e. The molecule has 0 aliphatic carbocycles. The Morgan fingerprint density at radius 3 is 2.45 bits per heavy atom. The molecule has 0 saturated heterocycles. The summed E-state index contributed by atoms with van der Waals surface area (Å²) in [6.45, 7) is 0. The van der Waals surface area contributed by atoms with Crippen LogP contribution in [0, 0.1) is 0 Å². The average molecular weight is 529 g/mol. The lowest BCUT2D eigenvalue weighted by Gasteiger charge is -2.35. The van der Waals surface area contributed by atoms with E-state index >= 15 is 0 Å². The number of halogens is 1. The molecule has 1 aliphatic heterocycles. The van der Waals surface area contributed by atoms with Crippen molar-refractivity contribution in [3.63, 3.8) is 0 Å². The Morgan fingerprint density at radius 2 is 1.66 bits per heavy atom. The molecule has 5 aromatic rings. The second kappa shape index (κ2) is 9.55. The number of aromatic amines is 1. The highest BCUT2D eigenvalue weighted by Gasteiger charge is 2.51. The van der Waals surface area contributed by atoms with Crippen LogP contribution in [0.4, 0.5) is 16.4 Å². The van der Waals surface area contributed by atoms with Crippen molar-refractivity contribution in [3.05, 3.63) is 114 Å². The van der Waals surface area contributed by atoms with Crippen LogP contribution < -0.4 is 15.0 Å². The maximum atomic E-state index is 13.8. The summed E-state index contributed by atoms with van der Waals surface area (Å²) in [7, 11) is 0. The lowest BCUT2D eigenvalue weighted by atomic mass is 9.93. The highest BCUT2D eigenvalue weighted by atomic mass is 35.5. The number of H-pyrrole nitrogens is 1. The monoisotopic (exact) mass is 528 g/mol. The van der Waals surface area contributed by atoms with Crippen molar-refractivity contribution in [2.75, 3.05) is 10.2 Å². The van der Waals surface area contributed by atoms with Gasteiger partial charge in [0.05, 0.1) is 16.7 Å². The topological polar surface area (TPSA) is 128 Å². The minimum absolute atomic E-state index is 0. The molecular formula is C28H21ClN4O5. The molecule has 0 fully saturated rings. The fraction of sp³-hybridized carbons (Fsp3) is 0.0357. The molecule has 4 aromatic carbocycles. The first-order valence-electron chi connectivity index (χ1n) is 11.4. The van der Waals surface area contributed by atoms with Gasteiger partial charge in [-0.05, 0) is 42.5 Å². The molecule has 2 amide bonds. The fourth-order valence-corrected chi connectivity index (χ4v) is 4.66. The third-order valence-electron chi connectivity index (χ3n) is 6.25. The number of hydrogen-bond donors (Lipinski definition) is 4. The van der Waals surface area contributed by atoms with Gasteiger partial charge >= 0.3 is 6.09 Å². The quantitative estimate of drug-likeness (QED) is 0.231. The van der Waals surface area contributed by atoms with E-state index in [2.05, 4.69) is 15.3 Å². The minimum Gasteiger partial charge on any atom is -0.465 e. The molecule has 1 aromatic heterocycles. The van der Waals surface area contributed by atoms with Crippen molar-refractivity contribution in [3.8, 4) is 11.5 Å². The number of fused-ring (bicyclic) bond motifs is 2. The second-order valence-corrected chi connectivity index (χ2v) is 8.49. The summed E-state index contributed by atoms with van der Waals surface area (Å²) in [6, 6.07) is 28.1. The number of hydrogen-bond acceptors (Lipinski definition) is 5. The van der Waals surface area contributed by atoms with Gasteiger partial charge in [-0.3, -0.25) is 15.0 Å². The molecule has 0 saturated carbocycles. The Kier molecular flexibility index (Phi) is 6.23. The smallest absolute Gasteiger partial charge is 0.411 e. The normalized spacial score (nSPS) is 16.1. The van der Waals surface area contributed by atoms with Gasteiger partial charge in [-0.2, -0.15) is 0 Å². The number of carboxylic acid groups (broad SMARTS) is 1. The largest absolute Gasteiger partial charge is 0.465 e. The van der Waals surface area contributed by atoms with Crippen LogP contribution in [0.25, 0.3) is 11.0 Å². The first-order valence-corrected chi connectivity index (χ1v) is 11.4. The first-order chi connectivity index (χ1) is 17.9. The number of ether oxygens (including phenoxy) is 1. The van der Waals surface area contributed by atoms with Crippen LogP contribution in [-0.4, -0.2) is 32.2 Å². The van der Waals surface area contributed by atoms with Gasteiger partial charge in [0.25, 0.3) is 5.91 Å². The summed E-state index contributed by atoms with van der Waals surface area (Å²) in [5.41, 5.74) is 0.637. The summed E-state index contributed by atoms with van der Waals surface area (Å²) in [6.07, 6.45) is -1.26. The average Bonchev–Trinajstić information content (AvgIpc) is 3.40. The molecule has 6 rings (SSSR count). The zero-order chi connectivity index (χ0) is 25.6. The maximum absolute atomic E-state index is 13.8. The molecule has 2 heterocycles. The third-order valence-corrected chi connectivity index (χ3v) is 6.25. The van der Waals surface area contributed by atoms with Gasteiger partial charge in [0.15, 0.2) is 11.5 Å². The predicted octanol–water partition coefficient (Wildman–Crippen LogP) is 5.72. The van der Waals surface area contributed by atoms with Crippen LogP contribution in [0.1, 0.15) is 21.5 Å². The number of aliphatic hydroxyl groups is 1. The number of nitrogens with zero attached hydrogens (tertiary/aromatic N) is 2. The molecule has 0 radical (unpaired) electrons. The second-order valence-electron chi connectivity index (χ2n) is 8.49. The molecule has 0 bridgehead atoms. The van der Waals surface area contributed by atoms with E-state index < -0.39 is 11.8 Å². The predicted molar refractivity (Wildman–Crippen MR) is 144 cm³/mol. The number of benzene rings is 4. The van der Waals surface area contributed by atoms with E-state index in [9.17, 15) is 14.7 Å². The molecule has 38 heavy (non-hydrogen) atoms. The third kappa shape index (κ3) is 4.00. The van der Waals surface area contributed by atoms with Crippen LogP contribution in [0.5, 0.6) is 11.5 Å². The summed E-state index contributed by atoms with van der Waals surface area (Å²) in [5, 5.41) is 23.6. The summed E-state index contributed by atoms with van der Waals surface area (Å²) in [4.78, 5) is 33.3. The van der Waals surface area contributed by atoms with Gasteiger partial charge in [-0.15, -0.1) is 12.4 Å². The van der Waals surface area contributed by atoms with Crippen molar-refractivity contribution in [1.29, 1.82) is 0 Å². The molecule has 9 nitrogen and oxygen atoms in total. The van der Waals surface area contributed by atoms with Gasteiger partial charge in [-0.1, -0.05) is 54.6 Å². The van der Waals surface area contributed by atoms with Gasteiger partial charge in [0.2, 0.25) is 5.95 Å². The van der Waals surface area contributed by atoms with E-state index in [1.807, 2.05) is 18.2 Å². The van der Waals surface area contributed by atoms with Crippen molar-refractivity contribution < 1.29 is 24.5 Å². The van der Waals surface area contributed by atoms with Crippen LogP contribution in [0.15, 0.2) is 97.1 Å². The number of aromatic nitrogens is 2. The Balaban J connectivity index is 0.00000294. The van der Waals surface area contributed by atoms with Crippen LogP contribution in [0.3, 0.4) is 0 Å². The zero-order valence-electron chi connectivity index (χ0n) is 19.7. The Morgan fingerprint density at radius 1 is 0.947 bits per heavy atom. The Hall–Kier alpha value is -4.86.